The van der Waals surface area contributed by atoms with Gasteiger partial charge in [-0.2, -0.15) is 0 Å². The zero-order valence-electron chi connectivity index (χ0n) is 16.8. The van der Waals surface area contributed by atoms with Crippen LogP contribution >= 0.6 is 0 Å². The van der Waals surface area contributed by atoms with E-state index in [0.717, 1.165) is 52.8 Å². The normalized spacial score (nSPS) is 15.5. The van der Waals surface area contributed by atoms with E-state index < -0.39 is 5.97 Å². The van der Waals surface area contributed by atoms with Crippen LogP contribution in [0.4, 0.5) is 0 Å². The number of pyridine rings is 1. The van der Waals surface area contributed by atoms with Crippen LogP contribution in [0, 0.1) is 13.8 Å². The second-order valence-corrected chi connectivity index (χ2v) is 8.17. The van der Waals surface area contributed by atoms with Gasteiger partial charge in [-0.25, -0.2) is 4.79 Å². The molecule has 0 saturated heterocycles. The lowest BCUT2D eigenvalue weighted by atomic mass is 10.0. The average Bonchev–Trinajstić information content (AvgIpc) is 3.35. The van der Waals surface area contributed by atoms with Crippen molar-refractivity contribution in [1.29, 1.82) is 0 Å². The van der Waals surface area contributed by atoms with Crippen molar-refractivity contribution in [3.63, 3.8) is 0 Å². The van der Waals surface area contributed by atoms with Gasteiger partial charge in [-0.1, -0.05) is 18.2 Å². The van der Waals surface area contributed by atoms with E-state index in [1.54, 1.807) is 0 Å². The summed E-state index contributed by atoms with van der Waals surface area (Å²) in [6.45, 7) is 3.77. The summed E-state index contributed by atoms with van der Waals surface area (Å²) in [5, 5.41) is 0.803. The molecule has 1 saturated carbocycles. The standard InChI is InChI=1S/C24H24N2O3/c1-14-12-19(15(2)26(14)16-10-11-16)22(27)13-29-24(28)23-17-6-3-4-8-20(17)25-21-9-5-7-18(21)23/h3-4,6,8,12,16H,5,7,9-11,13H2,1-2H3. The quantitative estimate of drug-likeness (QED) is 0.476. The van der Waals surface area contributed by atoms with E-state index in [9.17, 15) is 9.59 Å². The molecule has 2 aliphatic carbocycles. The van der Waals surface area contributed by atoms with Gasteiger partial charge in [0.15, 0.2) is 6.61 Å². The lowest BCUT2D eigenvalue weighted by Gasteiger charge is -2.12. The number of ketones is 1. The molecule has 0 N–H and O–H groups in total. The van der Waals surface area contributed by atoms with Crippen molar-refractivity contribution in [3.8, 4) is 0 Å². The summed E-state index contributed by atoms with van der Waals surface area (Å²) in [7, 11) is 0. The van der Waals surface area contributed by atoms with Crippen LogP contribution in [0.5, 0.6) is 0 Å². The molecule has 2 aromatic heterocycles. The Morgan fingerprint density at radius 2 is 1.97 bits per heavy atom. The van der Waals surface area contributed by atoms with Gasteiger partial charge in [-0.15, -0.1) is 0 Å². The molecule has 1 aromatic carbocycles. The summed E-state index contributed by atoms with van der Waals surface area (Å²) in [6, 6.07) is 10.1. The topological polar surface area (TPSA) is 61.2 Å². The Hall–Kier alpha value is -2.95. The first-order valence-electron chi connectivity index (χ1n) is 10.3. The number of aryl methyl sites for hydroxylation is 2. The Bertz CT molecular complexity index is 1150. The van der Waals surface area contributed by atoms with Crippen molar-refractivity contribution in [2.24, 2.45) is 0 Å². The minimum atomic E-state index is -0.425. The Morgan fingerprint density at radius 1 is 1.17 bits per heavy atom. The van der Waals surface area contributed by atoms with Crippen molar-refractivity contribution in [2.45, 2.75) is 52.0 Å². The predicted molar refractivity (Wildman–Crippen MR) is 111 cm³/mol. The van der Waals surface area contributed by atoms with Gasteiger partial charge in [0, 0.05) is 34.1 Å². The van der Waals surface area contributed by atoms with Gasteiger partial charge in [0.2, 0.25) is 5.78 Å². The first-order valence-corrected chi connectivity index (χ1v) is 10.3. The molecule has 0 spiro atoms. The number of nitrogens with zero attached hydrogens (tertiary/aromatic N) is 2. The molecular weight excluding hydrogens is 364 g/mol. The molecule has 29 heavy (non-hydrogen) atoms. The van der Waals surface area contributed by atoms with Crippen LogP contribution in [0.25, 0.3) is 10.9 Å². The van der Waals surface area contributed by atoms with Crippen molar-refractivity contribution in [2.75, 3.05) is 6.61 Å². The fraction of sp³-hybridized carbons (Fsp3) is 0.375. The lowest BCUT2D eigenvalue weighted by Crippen LogP contribution is -2.17. The van der Waals surface area contributed by atoms with Gasteiger partial charge in [0.1, 0.15) is 0 Å². The number of Topliss-reactive ketones (excluding diaryl/α,β-unsaturated/α-hetero) is 1. The minimum Gasteiger partial charge on any atom is -0.454 e. The molecule has 5 heteroatoms. The van der Waals surface area contributed by atoms with Crippen molar-refractivity contribution in [1.82, 2.24) is 9.55 Å². The highest BCUT2D eigenvalue weighted by Gasteiger charge is 2.29. The Labute approximate surface area is 169 Å². The second-order valence-electron chi connectivity index (χ2n) is 8.17. The summed E-state index contributed by atoms with van der Waals surface area (Å²) in [5.74, 6) is -0.570. The van der Waals surface area contributed by atoms with E-state index >= 15 is 0 Å². The van der Waals surface area contributed by atoms with Crippen LogP contribution in [-0.4, -0.2) is 27.9 Å². The Kier molecular flexibility index (Phi) is 4.26. The Morgan fingerprint density at radius 3 is 2.76 bits per heavy atom. The Balaban J connectivity index is 1.41. The van der Waals surface area contributed by atoms with E-state index in [2.05, 4.69) is 4.57 Å². The molecule has 0 radical (unpaired) electrons. The molecule has 3 aromatic rings. The lowest BCUT2D eigenvalue weighted by molar-refractivity contribution is 0.0475. The van der Waals surface area contributed by atoms with E-state index in [0.29, 0.717) is 17.2 Å². The van der Waals surface area contributed by atoms with Gasteiger partial charge in [-0.3, -0.25) is 9.78 Å². The fourth-order valence-corrected chi connectivity index (χ4v) is 4.68. The largest absolute Gasteiger partial charge is 0.454 e. The molecule has 0 unspecified atom stereocenters. The molecular formula is C24H24N2O3. The zero-order chi connectivity index (χ0) is 20.1. The van der Waals surface area contributed by atoms with Crippen LogP contribution < -0.4 is 0 Å². The maximum atomic E-state index is 13.0. The summed E-state index contributed by atoms with van der Waals surface area (Å²) < 4.78 is 7.77. The number of carbonyl (C=O) groups excluding carboxylic acids is 2. The maximum absolute atomic E-state index is 13.0. The molecule has 2 aliphatic rings. The van der Waals surface area contributed by atoms with Gasteiger partial charge < -0.3 is 9.30 Å². The number of rotatable bonds is 5. The molecule has 0 aliphatic heterocycles. The molecule has 0 bridgehead atoms. The summed E-state index contributed by atoms with van der Waals surface area (Å²) >= 11 is 0. The third-order valence-corrected chi connectivity index (χ3v) is 6.15. The third-order valence-electron chi connectivity index (χ3n) is 6.15. The second kappa shape index (κ2) is 6.83. The zero-order valence-corrected chi connectivity index (χ0v) is 16.8. The molecule has 2 heterocycles. The van der Waals surface area contributed by atoms with Crippen molar-refractivity contribution in [3.05, 3.63) is 64.1 Å². The van der Waals surface area contributed by atoms with E-state index in [1.807, 2.05) is 44.2 Å². The van der Waals surface area contributed by atoms with Gasteiger partial charge in [0.25, 0.3) is 0 Å². The summed E-state index contributed by atoms with van der Waals surface area (Å²) in [6.07, 6.45) is 5.03. The number of para-hydroxylation sites is 1. The van der Waals surface area contributed by atoms with Gasteiger partial charge in [-0.05, 0) is 63.6 Å². The number of hydrogen-bond donors (Lipinski definition) is 0. The molecule has 5 nitrogen and oxygen atoms in total. The van der Waals surface area contributed by atoms with Crippen LogP contribution in [-0.2, 0) is 17.6 Å². The molecule has 148 valence electrons. The first-order chi connectivity index (χ1) is 14.0. The smallest absolute Gasteiger partial charge is 0.339 e. The number of carbonyl (C=O) groups is 2. The van der Waals surface area contributed by atoms with E-state index in [-0.39, 0.29) is 12.4 Å². The number of ether oxygens (including phenoxy) is 1. The molecule has 1 fully saturated rings. The maximum Gasteiger partial charge on any atom is 0.339 e. The number of hydrogen-bond acceptors (Lipinski definition) is 4. The summed E-state index contributed by atoms with van der Waals surface area (Å²) in [4.78, 5) is 30.5. The molecule has 0 atom stereocenters. The van der Waals surface area contributed by atoms with Crippen LogP contribution in [0.15, 0.2) is 30.3 Å². The first kappa shape index (κ1) is 18.1. The SMILES string of the molecule is Cc1cc(C(=O)COC(=O)c2c3c(nc4ccccc24)CCC3)c(C)n1C1CC1. The number of benzene rings is 1. The third kappa shape index (κ3) is 3.05. The van der Waals surface area contributed by atoms with Crippen LogP contribution in [0.3, 0.4) is 0 Å². The molecule has 0 amide bonds. The monoisotopic (exact) mass is 388 g/mol. The average molecular weight is 388 g/mol. The fourth-order valence-electron chi connectivity index (χ4n) is 4.68. The van der Waals surface area contributed by atoms with Crippen LogP contribution in [0.2, 0.25) is 0 Å². The highest BCUT2D eigenvalue weighted by molar-refractivity contribution is 6.06. The van der Waals surface area contributed by atoms with E-state index in [1.165, 1.54) is 12.8 Å². The predicted octanol–water partition coefficient (Wildman–Crippen LogP) is 4.52. The van der Waals surface area contributed by atoms with Gasteiger partial charge >= 0.3 is 5.97 Å². The molecule has 5 rings (SSSR count). The number of fused-ring (bicyclic) bond motifs is 2. The minimum absolute atomic E-state index is 0.145. The van der Waals surface area contributed by atoms with Gasteiger partial charge in [0.05, 0.1) is 11.1 Å². The van der Waals surface area contributed by atoms with E-state index in [4.69, 9.17) is 9.72 Å². The number of aromatic nitrogens is 2. The highest BCUT2D eigenvalue weighted by atomic mass is 16.5. The van der Waals surface area contributed by atoms with Crippen molar-refractivity contribution < 1.29 is 14.3 Å². The highest BCUT2D eigenvalue weighted by Crippen LogP contribution is 2.38. The number of esters is 1. The van der Waals surface area contributed by atoms with Crippen molar-refractivity contribution >= 4 is 22.7 Å². The van der Waals surface area contributed by atoms with Crippen LogP contribution in [0.1, 0.15) is 68.7 Å². The summed E-state index contributed by atoms with van der Waals surface area (Å²) in [5.41, 5.74) is 6.08.